The fourth-order valence-corrected chi connectivity index (χ4v) is 4.50. The Morgan fingerprint density at radius 3 is 2.15 bits per heavy atom. The van der Waals surface area contributed by atoms with Crippen molar-refractivity contribution in [2.75, 3.05) is 0 Å². The van der Waals surface area contributed by atoms with Gasteiger partial charge in [-0.15, -0.1) is 0 Å². The predicted molar refractivity (Wildman–Crippen MR) is 82.1 cm³/mol. The molecule has 0 aromatic rings. The van der Waals surface area contributed by atoms with Gasteiger partial charge in [0.05, 0.1) is 17.1 Å². The number of nitrogens with zero attached hydrogens (tertiary/aromatic N) is 1. The summed E-state index contributed by atoms with van der Waals surface area (Å²) in [6.07, 6.45) is 10.2. The van der Waals surface area contributed by atoms with Crippen LogP contribution in [-0.4, -0.2) is 10.7 Å². The van der Waals surface area contributed by atoms with Gasteiger partial charge in [0.2, 0.25) is 0 Å². The molecule has 2 aliphatic rings. The molecule has 0 aromatic carbocycles. The number of nitriles is 1. The van der Waals surface area contributed by atoms with E-state index in [0.29, 0.717) is 11.3 Å². The second kappa shape index (κ2) is 5.68. The lowest BCUT2D eigenvalue weighted by atomic mass is 9.61. The van der Waals surface area contributed by atoms with Gasteiger partial charge in [-0.3, -0.25) is 0 Å². The van der Waals surface area contributed by atoms with Gasteiger partial charge in [-0.1, -0.05) is 46.5 Å². The summed E-state index contributed by atoms with van der Waals surface area (Å²) in [5.74, 6) is 0.677. The Balaban J connectivity index is 2.16. The number of hydrogen-bond acceptors (Lipinski definition) is 2. The lowest BCUT2D eigenvalue weighted by Gasteiger charge is -2.45. The quantitative estimate of drug-likeness (QED) is 0.698. The van der Waals surface area contributed by atoms with E-state index in [0.717, 1.165) is 51.4 Å². The van der Waals surface area contributed by atoms with E-state index in [9.17, 15) is 10.4 Å². The molecule has 0 radical (unpaired) electrons. The van der Waals surface area contributed by atoms with Gasteiger partial charge in [-0.05, 0) is 49.9 Å². The molecule has 114 valence electrons. The van der Waals surface area contributed by atoms with Crippen molar-refractivity contribution in [1.29, 1.82) is 5.26 Å². The molecule has 0 aromatic heterocycles. The Bertz CT molecular complexity index is 370. The minimum Gasteiger partial charge on any atom is -0.388 e. The summed E-state index contributed by atoms with van der Waals surface area (Å²) in [6.45, 7) is 6.92. The molecule has 0 aliphatic heterocycles. The molecular weight excluding hydrogens is 246 g/mol. The molecule has 1 N–H and O–H groups in total. The van der Waals surface area contributed by atoms with Crippen molar-refractivity contribution < 1.29 is 5.11 Å². The smallest absolute Gasteiger partial charge is 0.0860 e. The van der Waals surface area contributed by atoms with Gasteiger partial charge in [0.1, 0.15) is 0 Å². The fraction of sp³-hybridized carbons (Fsp3) is 0.944. The molecule has 2 nitrogen and oxygen atoms in total. The summed E-state index contributed by atoms with van der Waals surface area (Å²) >= 11 is 0. The maximum atomic E-state index is 11.3. The van der Waals surface area contributed by atoms with Crippen molar-refractivity contribution in [3.63, 3.8) is 0 Å². The molecule has 0 amide bonds. The highest BCUT2D eigenvalue weighted by atomic mass is 16.3. The molecule has 0 spiro atoms. The lowest BCUT2D eigenvalue weighted by Crippen LogP contribution is -2.48. The van der Waals surface area contributed by atoms with Gasteiger partial charge in [0.25, 0.3) is 0 Å². The van der Waals surface area contributed by atoms with E-state index < -0.39 is 11.0 Å². The highest BCUT2D eigenvalue weighted by Gasteiger charge is 2.51. The molecule has 2 aliphatic carbocycles. The van der Waals surface area contributed by atoms with Crippen LogP contribution in [0.15, 0.2) is 0 Å². The van der Waals surface area contributed by atoms with Crippen LogP contribution in [0.25, 0.3) is 0 Å². The van der Waals surface area contributed by atoms with Crippen molar-refractivity contribution in [3.05, 3.63) is 0 Å². The average Bonchev–Trinajstić information content (AvgIpc) is 2.62. The van der Waals surface area contributed by atoms with E-state index in [-0.39, 0.29) is 0 Å². The minimum absolute atomic E-state index is 0.317. The normalized spacial score (nSPS) is 35.0. The first-order valence-electron chi connectivity index (χ1n) is 8.47. The highest BCUT2D eigenvalue weighted by Crippen LogP contribution is 2.52. The number of rotatable bonds is 1. The first kappa shape index (κ1) is 15.8. The number of aliphatic hydroxyl groups is 1. The summed E-state index contributed by atoms with van der Waals surface area (Å²) < 4.78 is 0. The van der Waals surface area contributed by atoms with Gasteiger partial charge in [-0.2, -0.15) is 5.26 Å². The molecule has 0 heterocycles. The van der Waals surface area contributed by atoms with Crippen molar-refractivity contribution in [2.24, 2.45) is 16.7 Å². The van der Waals surface area contributed by atoms with Crippen molar-refractivity contribution in [1.82, 2.24) is 0 Å². The minimum atomic E-state index is -0.734. The van der Waals surface area contributed by atoms with Crippen LogP contribution in [0.4, 0.5) is 0 Å². The molecule has 2 rings (SSSR count). The zero-order chi connectivity index (χ0) is 14.9. The largest absolute Gasteiger partial charge is 0.388 e. The topological polar surface area (TPSA) is 44.0 Å². The van der Waals surface area contributed by atoms with E-state index in [1.165, 1.54) is 12.8 Å². The second-order valence-corrected chi connectivity index (χ2v) is 8.28. The predicted octanol–water partition coefficient (Wildman–Crippen LogP) is 4.82. The zero-order valence-electron chi connectivity index (χ0n) is 13.5. The van der Waals surface area contributed by atoms with Crippen LogP contribution >= 0.6 is 0 Å². The van der Waals surface area contributed by atoms with E-state index in [1.54, 1.807) is 0 Å². The number of hydrogen-bond donors (Lipinski definition) is 1. The van der Waals surface area contributed by atoms with Crippen LogP contribution < -0.4 is 0 Å². The summed E-state index contributed by atoms with van der Waals surface area (Å²) in [4.78, 5) is 0. The first-order valence-corrected chi connectivity index (χ1v) is 8.47. The molecule has 2 heteroatoms. The lowest BCUT2D eigenvalue weighted by molar-refractivity contribution is -0.0845. The van der Waals surface area contributed by atoms with Gasteiger partial charge in [0, 0.05) is 0 Å². The third-order valence-corrected chi connectivity index (χ3v) is 6.09. The van der Waals surface area contributed by atoms with Gasteiger partial charge in [0.15, 0.2) is 0 Å². The van der Waals surface area contributed by atoms with Gasteiger partial charge >= 0.3 is 0 Å². The zero-order valence-corrected chi connectivity index (χ0v) is 13.5. The first-order chi connectivity index (χ1) is 9.33. The average molecular weight is 277 g/mol. The maximum Gasteiger partial charge on any atom is 0.0860 e. The maximum absolute atomic E-state index is 11.3. The third kappa shape index (κ3) is 2.89. The molecule has 2 saturated carbocycles. The van der Waals surface area contributed by atoms with Crippen molar-refractivity contribution in [2.45, 2.75) is 90.6 Å². The molecular formula is C18H31NO. The summed E-state index contributed by atoms with van der Waals surface area (Å²) in [6, 6.07) is 2.56. The monoisotopic (exact) mass is 277 g/mol. The van der Waals surface area contributed by atoms with E-state index in [4.69, 9.17) is 0 Å². The Morgan fingerprint density at radius 1 is 0.950 bits per heavy atom. The molecule has 2 fully saturated rings. The van der Waals surface area contributed by atoms with Gasteiger partial charge < -0.3 is 5.11 Å². The molecule has 2 unspecified atom stereocenters. The third-order valence-electron chi connectivity index (χ3n) is 6.09. The molecule has 0 bridgehead atoms. The van der Waals surface area contributed by atoms with E-state index >= 15 is 0 Å². The van der Waals surface area contributed by atoms with Crippen molar-refractivity contribution >= 4 is 0 Å². The Kier molecular flexibility index (Phi) is 4.50. The Morgan fingerprint density at radius 2 is 1.60 bits per heavy atom. The van der Waals surface area contributed by atoms with Crippen LogP contribution in [0.1, 0.15) is 85.0 Å². The van der Waals surface area contributed by atoms with E-state index in [2.05, 4.69) is 26.8 Å². The van der Waals surface area contributed by atoms with Crippen LogP contribution in [-0.2, 0) is 0 Å². The van der Waals surface area contributed by atoms with Crippen LogP contribution in [0, 0.1) is 28.1 Å². The fourth-order valence-electron chi connectivity index (χ4n) is 4.50. The van der Waals surface area contributed by atoms with E-state index in [1.807, 2.05) is 0 Å². The molecule has 2 atom stereocenters. The van der Waals surface area contributed by atoms with Gasteiger partial charge in [-0.25, -0.2) is 0 Å². The SMILES string of the molecule is CC(C)(C)C1CCCC(O)(C2(C#N)CCCCC2)CC1. The second-order valence-electron chi connectivity index (χ2n) is 8.28. The standard InChI is InChI=1S/C18H31NO/c1-16(2,3)15-8-7-12-18(20,13-9-15)17(14-19)10-5-4-6-11-17/h15,20H,4-13H2,1-3H3. The van der Waals surface area contributed by atoms with Crippen molar-refractivity contribution in [3.8, 4) is 6.07 Å². The Labute approximate surface area is 124 Å². The summed E-state index contributed by atoms with van der Waals surface area (Å²) in [7, 11) is 0. The van der Waals surface area contributed by atoms with Crippen LogP contribution in [0.5, 0.6) is 0 Å². The molecule has 0 saturated heterocycles. The summed E-state index contributed by atoms with van der Waals surface area (Å²) in [5, 5.41) is 21.1. The highest BCUT2D eigenvalue weighted by molar-refractivity contribution is 5.13. The van der Waals surface area contributed by atoms with Crippen LogP contribution in [0.3, 0.4) is 0 Å². The molecule has 20 heavy (non-hydrogen) atoms. The summed E-state index contributed by atoms with van der Waals surface area (Å²) in [5.41, 5.74) is -0.877. The van der Waals surface area contributed by atoms with Crippen LogP contribution in [0.2, 0.25) is 0 Å². The Hall–Kier alpha value is -0.550.